The van der Waals surface area contributed by atoms with Gasteiger partial charge >= 0.3 is 0 Å². The van der Waals surface area contributed by atoms with Crippen LogP contribution >= 0.6 is 0 Å². The minimum absolute atomic E-state index is 0.0498. The maximum atomic E-state index is 12.2. The summed E-state index contributed by atoms with van der Waals surface area (Å²) in [6.45, 7) is 0.190. The fraction of sp³-hybridized carbons (Fsp3) is 0.500. The molecule has 5 heteroatoms. The summed E-state index contributed by atoms with van der Waals surface area (Å²) >= 11 is 0. The van der Waals surface area contributed by atoms with Gasteiger partial charge in [0.05, 0.1) is 20.3 Å². The van der Waals surface area contributed by atoms with E-state index >= 15 is 0 Å². The molecule has 1 saturated carbocycles. The first-order valence-electron chi connectivity index (χ1n) is 7.07. The highest BCUT2D eigenvalue weighted by Crippen LogP contribution is 2.29. The zero-order valence-corrected chi connectivity index (χ0v) is 12.5. The number of aryl methyl sites for hydroxylation is 1. The summed E-state index contributed by atoms with van der Waals surface area (Å²) in [7, 11) is 3.19. The van der Waals surface area contributed by atoms with Crippen LogP contribution in [0.1, 0.15) is 24.8 Å². The molecule has 1 aromatic carbocycles. The lowest BCUT2D eigenvalue weighted by atomic mass is 10.1. The lowest BCUT2D eigenvalue weighted by molar-refractivity contribution is -0.131. The van der Waals surface area contributed by atoms with Crippen LogP contribution in [0.5, 0.6) is 11.5 Å². The Morgan fingerprint density at radius 3 is 2.62 bits per heavy atom. The van der Waals surface area contributed by atoms with Gasteiger partial charge in [0.15, 0.2) is 11.5 Å². The zero-order chi connectivity index (χ0) is 15.2. The van der Waals surface area contributed by atoms with E-state index in [4.69, 9.17) is 14.7 Å². The van der Waals surface area contributed by atoms with Gasteiger partial charge in [-0.05, 0) is 37.0 Å². The number of carbonyl (C=O) groups is 1. The normalized spacial score (nSPS) is 13.4. The third kappa shape index (κ3) is 3.88. The Balaban J connectivity index is 1.96. The molecule has 0 saturated heterocycles. The molecule has 1 aliphatic rings. The zero-order valence-electron chi connectivity index (χ0n) is 12.5. The quantitative estimate of drug-likeness (QED) is 0.721. The Labute approximate surface area is 125 Å². The van der Waals surface area contributed by atoms with Crippen LogP contribution in [0.15, 0.2) is 18.2 Å². The second kappa shape index (κ2) is 6.98. The van der Waals surface area contributed by atoms with Gasteiger partial charge in [0.1, 0.15) is 6.54 Å². The summed E-state index contributed by atoms with van der Waals surface area (Å²) in [6, 6.07) is 8.01. The highest BCUT2D eigenvalue weighted by Gasteiger charge is 2.31. The van der Waals surface area contributed by atoms with Crippen LogP contribution in [0, 0.1) is 11.3 Å². The van der Waals surface area contributed by atoms with E-state index in [1.54, 1.807) is 19.1 Å². The fourth-order valence-electron chi connectivity index (χ4n) is 2.31. The molecule has 0 aromatic heterocycles. The second-order valence-electron chi connectivity index (χ2n) is 5.10. The number of hydrogen-bond donors (Lipinski definition) is 0. The molecular weight excluding hydrogens is 268 g/mol. The van der Waals surface area contributed by atoms with Gasteiger partial charge in [0.25, 0.3) is 0 Å². The number of hydrogen-bond acceptors (Lipinski definition) is 4. The number of ether oxygens (including phenoxy) is 2. The van der Waals surface area contributed by atoms with E-state index < -0.39 is 0 Å². The van der Waals surface area contributed by atoms with E-state index in [1.807, 2.05) is 18.2 Å². The van der Waals surface area contributed by atoms with E-state index in [0.29, 0.717) is 24.3 Å². The molecule has 2 rings (SSSR count). The van der Waals surface area contributed by atoms with Crippen molar-refractivity contribution >= 4 is 5.91 Å². The van der Waals surface area contributed by atoms with Crippen molar-refractivity contribution in [1.82, 2.24) is 4.90 Å². The molecule has 0 bridgehead atoms. The Morgan fingerprint density at radius 1 is 1.33 bits per heavy atom. The number of rotatable bonds is 7. The molecule has 21 heavy (non-hydrogen) atoms. The smallest absolute Gasteiger partial charge is 0.224 e. The van der Waals surface area contributed by atoms with Crippen molar-refractivity contribution in [3.8, 4) is 17.6 Å². The van der Waals surface area contributed by atoms with E-state index in [9.17, 15) is 4.79 Å². The van der Waals surface area contributed by atoms with Gasteiger partial charge in [0, 0.05) is 12.5 Å². The van der Waals surface area contributed by atoms with Crippen LogP contribution in [0.4, 0.5) is 0 Å². The third-order valence-electron chi connectivity index (χ3n) is 3.62. The molecule has 0 radical (unpaired) electrons. The summed E-state index contributed by atoms with van der Waals surface area (Å²) in [5.74, 6) is 1.39. The van der Waals surface area contributed by atoms with Crippen molar-refractivity contribution in [2.45, 2.75) is 31.7 Å². The number of amides is 1. The van der Waals surface area contributed by atoms with Gasteiger partial charge < -0.3 is 14.4 Å². The molecule has 1 aliphatic carbocycles. The predicted molar refractivity (Wildman–Crippen MR) is 78.2 cm³/mol. The van der Waals surface area contributed by atoms with E-state index in [1.165, 1.54) is 0 Å². The predicted octanol–water partition coefficient (Wildman–Crippen LogP) is 2.15. The molecule has 0 atom stereocenters. The van der Waals surface area contributed by atoms with Crippen LogP contribution < -0.4 is 9.47 Å². The molecule has 0 aliphatic heterocycles. The average Bonchev–Trinajstić information content (AvgIpc) is 3.34. The highest BCUT2D eigenvalue weighted by molar-refractivity contribution is 5.77. The minimum atomic E-state index is 0.0498. The Bertz CT molecular complexity index is 547. The van der Waals surface area contributed by atoms with Crippen LogP contribution in [0.3, 0.4) is 0 Å². The molecular formula is C16H20N2O3. The third-order valence-corrected chi connectivity index (χ3v) is 3.62. The molecule has 0 unspecified atom stereocenters. The second-order valence-corrected chi connectivity index (χ2v) is 5.10. The lowest BCUT2D eigenvalue weighted by Crippen LogP contribution is -2.33. The number of methoxy groups -OCH3 is 2. The van der Waals surface area contributed by atoms with Crippen molar-refractivity contribution in [2.75, 3.05) is 20.8 Å². The van der Waals surface area contributed by atoms with Crippen molar-refractivity contribution < 1.29 is 14.3 Å². The summed E-state index contributed by atoms with van der Waals surface area (Å²) in [5.41, 5.74) is 1.02. The van der Waals surface area contributed by atoms with Crippen LogP contribution in [-0.4, -0.2) is 37.6 Å². The average molecular weight is 288 g/mol. The van der Waals surface area contributed by atoms with Gasteiger partial charge in [-0.25, -0.2) is 0 Å². The van der Waals surface area contributed by atoms with E-state index in [-0.39, 0.29) is 18.5 Å². The molecule has 1 amide bonds. The van der Waals surface area contributed by atoms with Gasteiger partial charge in [-0.15, -0.1) is 0 Å². The van der Waals surface area contributed by atoms with Crippen molar-refractivity contribution in [1.29, 1.82) is 5.26 Å². The molecule has 0 spiro atoms. The van der Waals surface area contributed by atoms with Gasteiger partial charge in [-0.1, -0.05) is 6.07 Å². The topological polar surface area (TPSA) is 62.6 Å². The lowest BCUT2D eigenvalue weighted by Gasteiger charge is -2.19. The summed E-state index contributed by atoms with van der Waals surface area (Å²) in [5, 5.41) is 8.80. The van der Waals surface area contributed by atoms with E-state index in [0.717, 1.165) is 18.4 Å². The summed E-state index contributed by atoms with van der Waals surface area (Å²) in [6.07, 6.45) is 3.08. The number of nitrogens with zero attached hydrogens (tertiary/aromatic N) is 2. The monoisotopic (exact) mass is 288 g/mol. The Morgan fingerprint density at radius 2 is 2.05 bits per heavy atom. The first-order valence-corrected chi connectivity index (χ1v) is 7.07. The van der Waals surface area contributed by atoms with Crippen LogP contribution in [-0.2, 0) is 11.2 Å². The largest absolute Gasteiger partial charge is 0.493 e. The molecule has 5 nitrogen and oxygen atoms in total. The van der Waals surface area contributed by atoms with E-state index in [2.05, 4.69) is 6.07 Å². The molecule has 1 aromatic rings. The van der Waals surface area contributed by atoms with Crippen LogP contribution in [0.25, 0.3) is 0 Å². The van der Waals surface area contributed by atoms with Gasteiger partial charge in [-0.3, -0.25) is 4.79 Å². The van der Waals surface area contributed by atoms with Crippen LogP contribution in [0.2, 0.25) is 0 Å². The first-order chi connectivity index (χ1) is 10.2. The summed E-state index contributed by atoms with van der Waals surface area (Å²) < 4.78 is 10.4. The number of carbonyl (C=O) groups excluding carboxylic acids is 1. The Hall–Kier alpha value is -2.22. The van der Waals surface area contributed by atoms with Gasteiger partial charge in [0.2, 0.25) is 5.91 Å². The molecule has 0 heterocycles. The first kappa shape index (κ1) is 15.2. The Kier molecular flexibility index (Phi) is 5.04. The number of benzene rings is 1. The van der Waals surface area contributed by atoms with Crippen molar-refractivity contribution in [3.63, 3.8) is 0 Å². The van der Waals surface area contributed by atoms with Crippen molar-refractivity contribution in [3.05, 3.63) is 23.8 Å². The molecule has 0 N–H and O–H groups in total. The standard InChI is InChI=1S/C16H20N2O3/c1-20-14-7-3-12(11-15(14)21-2)4-8-16(19)18(10-9-17)13-5-6-13/h3,7,11,13H,4-6,8,10H2,1-2H3. The molecule has 1 fully saturated rings. The molecule has 112 valence electrons. The van der Waals surface area contributed by atoms with Crippen molar-refractivity contribution in [2.24, 2.45) is 0 Å². The maximum Gasteiger partial charge on any atom is 0.224 e. The fourth-order valence-corrected chi connectivity index (χ4v) is 2.31. The highest BCUT2D eigenvalue weighted by atomic mass is 16.5. The minimum Gasteiger partial charge on any atom is -0.493 e. The number of nitriles is 1. The maximum absolute atomic E-state index is 12.2. The summed E-state index contributed by atoms with van der Waals surface area (Å²) in [4.78, 5) is 13.9. The van der Waals surface area contributed by atoms with Gasteiger partial charge in [-0.2, -0.15) is 5.26 Å². The SMILES string of the molecule is COc1ccc(CCC(=O)N(CC#N)C2CC2)cc1OC.